The molecule has 1 saturated carbocycles. The number of fused-ring (bicyclic) bond motifs is 3. The van der Waals surface area contributed by atoms with Crippen molar-refractivity contribution in [2.45, 2.75) is 31.8 Å². The lowest BCUT2D eigenvalue weighted by atomic mass is 9.92. The lowest BCUT2D eigenvalue weighted by molar-refractivity contribution is 0.144. The van der Waals surface area contributed by atoms with Gasteiger partial charge in [0.05, 0.1) is 6.10 Å². The average molecular weight is 282 g/mol. The number of halogens is 1. The van der Waals surface area contributed by atoms with Crippen molar-refractivity contribution in [2.24, 2.45) is 11.8 Å². The van der Waals surface area contributed by atoms with Crippen molar-refractivity contribution < 1.29 is 9.50 Å². The first-order valence-electron chi connectivity index (χ1n) is 7.69. The molecular formula is C19H19FO. The second kappa shape index (κ2) is 4.67. The van der Waals surface area contributed by atoms with Gasteiger partial charge in [-0.2, -0.15) is 0 Å². The van der Waals surface area contributed by atoms with Gasteiger partial charge in [0, 0.05) is 0 Å². The molecule has 1 fully saturated rings. The molecule has 1 nitrogen and oxygen atoms in total. The fourth-order valence-electron chi connectivity index (χ4n) is 4.23. The molecule has 1 N–H and O–H groups in total. The fourth-order valence-corrected chi connectivity index (χ4v) is 4.23. The molecule has 0 saturated heterocycles. The Morgan fingerprint density at radius 3 is 2.81 bits per heavy atom. The van der Waals surface area contributed by atoms with E-state index < -0.39 is 6.10 Å². The summed E-state index contributed by atoms with van der Waals surface area (Å²) in [5.74, 6) is 1.12. The van der Waals surface area contributed by atoms with E-state index >= 15 is 0 Å². The van der Waals surface area contributed by atoms with Crippen LogP contribution in [0, 0.1) is 24.6 Å². The monoisotopic (exact) mass is 282 g/mol. The van der Waals surface area contributed by atoms with E-state index in [9.17, 15) is 9.50 Å². The number of benzene rings is 2. The van der Waals surface area contributed by atoms with Crippen LogP contribution in [0.2, 0.25) is 0 Å². The predicted octanol–water partition coefficient (Wildman–Crippen LogP) is 4.14. The lowest BCUT2D eigenvalue weighted by Crippen LogP contribution is -2.04. The van der Waals surface area contributed by atoms with Gasteiger partial charge < -0.3 is 5.11 Å². The quantitative estimate of drug-likeness (QED) is 0.877. The van der Waals surface area contributed by atoms with Crippen molar-refractivity contribution in [3.05, 3.63) is 70.5 Å². The van der Waals surface area contributed by atoms with Gasteiger partial charge in [-0.15, -0.1) is 0 Å². The maximum absolute atomic E-state index is 13.2. The standard InChI is InChI=1S/C19H19FO/c1-11-10-13(20)7-9-14(11)19(21)18-16-8-6-12-4-2-3-5-15(12)17(16)18/h2-5,7,9-10,16-19,21H,6,8H2,1H3. The highest BCUT2D eigenvalue weighted by Crippen LogP contribution is 2.64. The molecular weight excluding hydrogens is 263 g/mol. The highest BCUT2D eigenvalue weighted by molar-refractivity contribution is 5.41. The summed E-state index contributed by atoms with van der Waals surface area (Å²) in [6.45, 7) is 1.88. The van der Waals surface area contributed by atoms with Crippen molar-refractivity contribution in [2.75, 3.05) is 0 Å². The zero-order valence-electron chi connectivity index (χ0n) is 12.1. The van der Waals surface area contributed by atoms with Crippen LogP contribution < -0.4 is 0 Å². The Morgan fingerprint density at radius 2 is 2.00 bits per heavy atom. The Balaban J connectivity index is 1.65. The summed E-state index contributed by atoms with van der Waals surface area (Å²) in [6.07, 6.45) is 1.79. The van der Waals surface area contributed by atoms with Gasteiger partial charge in [0.15, 0.2) is 0 Å². The smallest absolute Gasteiger partial charge is 0.123 e. The molecule has 4 atom stereocenters. The minimum atomic E-state index is -0.480. The highest BCUT2D eigenvalue weighted by Gasteiger charge is 2.56. The molecule has 0 bridgehead atoms. The minimum absolute atomic E-state index is 0.234. The van der Waals surface area contributed by atoms with Crippen molar-refractivity contribution in [1.82, 2.24) is 0 Å². The molecule has 0 radical (unpaired) electrons. The maximum Gasteiger partial charge on any atom is 0.123 e. The van der Waals surface area contributed by atoms with Gasteiger partial charge in [0.1, 0.15) is 5.82 Å². The molecule has 21 heavy (non-hydrogen) atoms. The molecule has 0 amide bonds. The molecule has 4 rings (SSSR count). The summed E-state index contributed by atoms with van der Waals surface area (Å²) in [7, 11) is 0. The number of hydrogen-bond donors (Lipinski definition) is 1. The van der Waals surface area contributed by atoms with Crippen molar-refractivity contribution in [3.63, 3.8) is 0 Å². The first-order chi connectivity index (χ1) is 10.2. The molecule has 4 unspecified atom stereocenters. The van der Waals surface area contributed by atoms with Gasteiger partial charge in [-0.25, -0.2) is 4.39 Å². The summed E-state index contributed by atoms with van der Waals surface area (Å²) in [5, 5.41) is 10.8. The summed E-state index contributed by atoms with van der Waals surface area (Å²) >= 11 is 0. The first kappa shape index (κ1) is 13.0. The van der Waals surface area contributed by atoms with Crippen LogP contribution in [0.15, 0.2) is 42.5 Å². The van der Waals surface area contributed by atoms with Crippen LogP contribution in [0.1, 0.15) is 40.7 Å². The predicted molar refractivity (Wildman–Crippen MR) is 80.6 cm³/mol. The van der Waals surface area contributed by atoms with Crippen LogP contribution in [0.25, 0.3) is 0 Å². The molecule has 2 aromatic rings. The number of aliphatic hydroxyl groups excluding tert-OH is 1. The molecule has 2 heteroatoms. The van der Waals surface area contributed by atoms with Crippen LogP contribution >= 0.6 is 0 Å². The molecule has 2 aromatic carbocycles. The number of hydrogen-bond acceptors (Lipinski definition) is 1. The minimum Gasteiger partial charge on any atom is -0.388 e. The Kier molecular flexibility index (Phi) is 2.90. The zero-order valence-corrected chi connectivity index (χ0v) is 12.1. The van der Waals surface area contributed by atoms with Crippen LogP contribution in [0.3, 0.4) is 0 Å². The van der Waals surface area contributed by atoms with E-state index in [2.05, 4.69) is 24.3 Å². The summed E-state index contributed by atoms with van der Waals surface area (Å²) in [4.78, 5) is 0. The second-order valence-corrected chi connectivity index (χ2v) is 6.45. The second-order valence-electron chi connectivity index (χ2n) is 6.45. The number of rotatable bonds is 2. The SMILES string of the molecule is Cc1cc(F)ccc1C(O)C1C2CCc3ccccc3C21. The van der Waals surface area contributed by atoms with Crippen LogP contribution in [0.5, 0.6) is 0 Å². The average Bonchev–Trinajstić information content (AvgIpc) is 3.21. The van der Waals surface area contributed by atoms with E-state index in [1.165, 1.54) is 23.3 Å². The van der Waals surface area contributed by atoms with Gasteiger partial charge in [-0.1, -0.05) is 30.3 Å². The third-order valence-electron chi connectivity index (χ3n) is 5.31. The van der Waals surface area contributed by atoms with E-state index in [1.807, 2.05) is 6.92 Å². The van der Waals surface area contributed by atoms with E-state index in [4.69, 9.17) is 0 Å². The van der Waals surface area contributed by atoms with Gasteiger partial charge in [0.25, 0.3) is 0 Å². The van der Waals surface area contributed by atoms with Gasteiger partial charge >= 0.3 is 0 Å². The normalized spacial score (nSPS) is 27.7. The van der Waals surface area contributed by atoms with Gasteiger partial charge in [-0.3, -0.25) is 0 Å². The van der Waals surface area contributed by atoms with E-state index in [-0.39, 0.29) is 11.7 Å². The maximum atomic E-state index is 13.2. The van der Waals surface area contributed by atoms with Gasteiger partial charge in [0.2, 0.25) is 0 Å². The zero-order chi connectivity index (χ0) is 14.6. The highest BCUT2D eigenvalue weighted by atomic mass is 19.1. The third-order valence-corrected chi connectivity index (χ3v) is 5.31. The molecule has 2 aliphatic carbocycles. The summed E-state index contributed by atoms with van der Waals surface area (Å²) in [5.41, 5.74) is 4.58. The Hall–Kier alpha value is -1.67. The molecule has 2 aliphatic rings. The molecule has 0 aliphatic heterocycles. The largest absolute Gasteiger partial charge is 0.388 e. The summed E-state index contributed by atoms with van der Waals surface area (Å²) in [6, 6.07) is 13.3. The summed E-state index contributed by atoms with van der Waals surface area (Å²) < 4.78 is 13.2. The molecule has 0 aromatic heterocycles. The Labute approximate surface area is 124 Å². The molecule has 0 spiro atoms. The molecule has 108 valence electrons. The number of aliphatic hydroxyl groups is 1. The van der Waals surface area contributed by atoms with Crippen molar-refractivity contribution >= 4 is 0 Å². The van der Waals surface area contributed by atoms with Crippen LogP contribution in [-0.2, 0) is 6.42 Å². The van der Waals surface area contributed by atoms with Crippen molar-refractivity contribution in [3.8, 4) is 0 Å². The number of aryl methyl sites for hydroxylation is 2. The van der Waals surface area contributed by atoms with E-state index in [1.54, 1.807) is 6.07 Å². The fraction of sp³-hybridized carbons (Fsp3) is 0.368. The van der Waals surface area contributed by atoms with Crippen LogP contribution in [-0.4, -0.2) is 5.11 Å². The van der Waals surface area contributed by atoms with Gasteiger partial charge in [-0.05, 0) is 71.9 Å². The van der Waals surface area contributed by atoms with Crippen molar-refractivity contribution in [1.29, 1.82) is 0 Å². The molecule has 0 heterocycles. The first-order valence-corrected chi connectivity index (χ1v) is 7.69. The Bertz CT molecular complexity index is 694. The van der Waals surface area contributed by atoms with Crippen LogP contribution in [0.4, 0.5) is 4.39 Å². The third kappa shape index (κ3) is 2.01. The lowest BCUT2D eigenvalue weighted by Gasteiger charge is -2.14. The Morgan fingerprint density at radius 1 is 1.19 bits per heavy atom. The van der Waals surface area contributed by atoms with E-state index in [0.29, 0.717) is 11.8 Å². The van der Waals surface area contributed by atoms with E-state index in [0.717, 1.165) is 24.0 Å². The topological polar surface area (TPSA) is 20.2 Å².